The molecule has 60 valence electrons. The summed E-state index contributed by atoms with van der Waals surface area (Å²) in [5.74, 6) is -2.11. The van der Waals surface area contributed by atoms with Crippen LogP contribution in [0.15, 0.2) is 0 Å². The summed E-state index contributed by atoms with van der Waals surface area (Å²) in [6.45, 7) is 4.72. The molecule has 4 heteroatoms. The molecule has 4 N–H and O–H groups in total. The molecule has 0 aliphatic rings. The van der Waals surface area contributed by atoms with Gasteiger partial charge in [-0.05, 0) is 0 Å². The molecule has 0 fully saturated rings. The highest BCUT2D eigenvalue weighted by molar-refractivity contribution is 6.34. The predicted octanol–water partition coefficient (Wildman–Crippen LogP) is 0.848. The molecular formula is C6H13NO3. The van der Waals surface area contributed by atoms with E-state index in [1.807, 2.05) is 0 Å². The summed E-state index contributed by atoms with van der Waals surface area (Å²) in [6.07, 6.45) is 0. The van der Waals surface area contributed by atoms with Gasteiger partial charge in [-0.1, -0.05) is 20.8 Å². The van der Waals surface area contributed by atoms with Gasteiger partial charge >= 0.3 is 5.97 Å². The molecule has 0 aromatic carbocycles. The zero-order chi connectivity index (χ0) is 7.65. The molecule has 4 nitrogen and oxygen atoms in total. The van der Waals surface area contributed by atoms with Crippen LogP contribution in [0.3, 0.4) is 0 Å². The second kappa shape index (κ2) is 3.31. The Kier molecular flexibility index (Phi) is 3.93. The third-order valence-corrected chi connectivity index (χ3v) is 0.875. The number of carbonyl (C=O) groups is 2. The van der Waals surface area contributed by atoms with Crippen LogP contribution in [0.25, 0.3) is 0 Å². The molecule has 0 bridgehead atoms. The van der Waals surface area contributed by atoms with Crippen LogP contribution in [0.1, 0.15) is 20.8 Å². The standard InChI is InChI=1S/C6H10O3.H3N/c1-6(2,3)4(7)5(8)9;/h1-3H3,(H,8,9);1H3. The largest absolute Gasteiger partial charge is 0.475 e. The fourth-order valence-corrected chi connectivity index (χ4v) is 0.321. The van der Waals surface area contributed by atoms with Gasteiger partial charge in [-0.25, -0.2) is 4.79 Å². The molecule has 0 saturated carbocycles. The highest BCUT2D eigenvalue weighted by atomic mass is 16.4. The number of carboxylic acids is 1. The van der Waals surface area contributed by atoms with E-state index in [2.05, 4.69) is 0 Å². The van der Waals surface area contributed by atoms with E-state index in [9.17, 15) is 9.59 Å². The maximum absolute atomic E-state index is 10.6. The average molecular weight is 147 g/mol. The van der Waals surface area contributed by atoms with Crippen LogP contribution < -0.4 is 6.15 Å². The lowest BCUT2D eigenvalue weighted by molar-refractivity contribution is -0.152. The topological polar surface area (TPSA) is 89.4 Å². The molecule has 0 spiro atoms. The minimum Gasteiger partial charge on any atom is -0.475 e. The number of hydrogen-bond donors (Lipinski definition) is 2. The molecule has 10 heavy (non-hydrogen) atoms. The molecule has 0 heterocycles. The minimum absolute atomic E-state index is 0. The normalized spacial score (nSPS) is 9.90. The van der Waals surface area contributed by atoms with Crippen LogP contribution in [0.2, 0.25) is 0 Å². The molecule has 0 aliphatic carbocycles. The van der Waals surface area contributed by atoms with E-state index >= 15 is 0 Å². The van der Waals surface area contributed by atoms with Crippen molar-refractivity contribution in [1.29, 1.82) is 0 Å². The van der Waals surface area contributed by atoms with Gasteiger partial charge in [0.2, 0.25) is 5.78 Å². The number of rotatable bonds is 1. The van der Waals surface area contributed by atoms with Crippen molar-refractivity contribution in [2.24, 2.45) is 5.41 Å². The van der Waals surface area contributed by atoms with Gasteiger partial charge in [-0.15, -0.1) is 0 Å². The van der Waals surface area contributed by atoms with Gasteiger partial charge in [-0.2, -0.15) is 0 Å². The Morgan fingerprint density at radius 1 is 1.20 bits per heavy atom. The van der Waals surface area contributed by atoms with E-state index in [1.54, 1.807) is 20.8 Å². The summed E-state index contributed by atoms with van der Waals surface area (Å²) in [7, 11) is 0. The first-order chi connectivity index (χ1) is 3.85. The first kappa shape index (κ1) is 11.8. The zero-order valence-electron chi connectivity index (χ0n) is 6.47. The molecular weight excluding hydrogens is 134 g/mol. The monoisotopic (exact) mass is 147 g/mol. The van der Waals surface area contributed by atoms with Crippen LogP contribution in [-0.4, -0.2) is 16.9 Å². The molecule has 0 aromatic rings. The zero-order valence-corrected chi connectivity index (χ0v) is 6.47. The lowest BCUT2D eigenvalue weighted by Gasteiger charge is -2.11. The molecule has 0 aliphatic heterocycles. The van der Waals surface area contributed by atoms with Gasteiger partial charge in [0, 0.05) is 5.41 Å². The van der Waals surface area contributed by atoms with Crippen molar-refractivity contribution in [2.45, 2.75) is 20.8 Å². The smallest absolute Gasteiger partial charge is 0.372 e. The van der Waals surface area contributed by atoms with E-state index in [4.69, 9.17) is 5.11 Å². The Bertz CT molecular complexity index is 146. The fourth-order valence-electron chi connectivity index (χ4n) is 0.321. The van der Waals surface area contributed by atoms with Crippen LogP contribution in [0.4, 0.5) is 0 Å². The summed E-state index contributed by atoms with van der Waals surface area (Å²) >= 11 is 0. The molecule has 0 amide bonds. The molecule has 0 atom stereocenters. The lowest BCUT2D eigenvalue weighted by Crippen LogP contribution is -2.27. The number of carbonyl (C=O) groups excluding carboxylic acids is 1. The number of carboxylic acid groups (broad SMARTS) is 1. The van der Waals surface area contributed by atoms with Crippen molar-refractivity contribution in [3.05, 3.63) is 0 Å². The molecule has 0 aromatic heterocycles. The second-order valence-corrected chi connectivity index (χ2v) is 2.88. The van der Waals surface area contributed by atoms with E-state index in [1.165, 1.54) is 0 Å². The van der Waals surface area contributed by atoms with E-state index in [-0.39, 0.29) is 6.15 Å². The van der Waals surface area contributed by atoms with Gasteiger partial charge in [0.05, 0.1) is 0 Å². The van der Waals surface area contributed by atoms with Gasteiger partial charge in [-0.3, -0.25) is 4.79 Å². The number of Topliss-reactive ketones (excluding diaryl/α,β-unsaturated/α-hetero) is 1. The molecule has 0 radical (unpaired) electrons. The van der Waals surface area contributed by atoms with Gasteiger partial charge < -0.3 is 11.3 Å². The summed E-state index contributed by atoms with van der Waals surface area (Å²) in [5.41, 5.74) is -0.758. The summed E-state index contributed by atoms with van der Waals surface area (Å²) in [6, 6.07) is 0. The van der Waals surface area contributed by atoms with Crippen LogP contribution in [-0.2, 0) is 9.59 Å². The van der Waals surface area contributed by atoms with Crippen molar-refractivity contribution in [1.82, 2.24) is 6.15 Å². The van der Waals surface area contributed by atoms with Crippen molar-refractivity contribution in [2.75, 3.05) is 0 Å². The number of ketones is 1. The van der Waals surface area contributed by atoms with Gasteiger partial charge in [0.1, 0.15) is 0 Å². The van der Waals surface area contributed by atoms with Crippen molar-refractivity contribution in [3.63, 3.8) is 0 Å². The summed E-state index contributed by atoms with van der Waals surface area (Å²) in [5, 5.41) is 8.17. The lowest BCUT2D eigenvalue weighted by atomic mass is 9.91. The third kappa shape index (κ3) is 3.19. The first-order valence-corrected chi connectivity index (χ1v) is 2.63. The number of aliphatic carboxylic acids is 1. The quantitative estimate of drug-likeness (QED) is 0.538. The minimum atomic E-state index is -1.36. The summed E-state index contributed by atoms with van der Waals surface area (Å²) in [4.78, 5) is 20.6. The van der Waals surface area contributed by atoms with Crippen molar-refractivity contribution < 1.29 is 14.7 Å². The molecule has 0 saturated heterocycles. The highest BCUT2D eigenvalue weighted by Crippen LogP contribution is 2.13. The highest BCUT2D eigenvalue weighted by Gasteiger charge is 2.27. The van der Waals surface area contributed by atoms with E-state index < -0.39 is 17.2 Å². The van der Waals surface area contributed by atoms with E-state index in [0.29, 0.717) is 0 Å². The molecule has 0 unspecified atom stereocenters. The molecule has 0 rings (SSSR count). The van der Waals surface area contributed by atoms with Crippen LogP contribution >= 0.6 is 0 Å². The van der Waals surface area contributed by atoms with Crippen molar-refractivity contribution >= 4 is 11.8 Å². The Morgan fingerprint density at radius 3 is 1.50 bits per heavy atom. The van der Waals surface area contributed by atoms with E-state index in [0.717, 1.165) is 0 Å². The maximum Gasteiger partial charge on any atom is 0.372 e. The van der Waals surface area contributed by atoms with Crippen molar-refractivity contribution in [3.8, 4) is 0 Å². The fraction of sp³-hybridized carbons (Fsp3) is 0.667. The van der Waals surface area contributed by atoms with Crippen LogP contribution in [0.5, 0.6) is 0 Å². The van der Waals surface area contributed by atoms with Gasteiger partial charge in [0.25, 0.3) is 0 Å². The first-order valence-electron chi connectivity index (χ1n) is 2.63. The third-order valence-electron chi connectivity index (χ3n) is 0.875. The maximum atomic E-state index is 10.6. The Balaban J connectivity index is 0. The Labute approximate surface area is 59.8 Å². The Hall–Kier alpha value is -0.900. The SMILES string of the molecule is CC(C)(C)C(=O)C(=O)O.N. The Morgan fingerprint density at radius 2 is 1.50 bits per heavy atom. The second-order valence-electron chi connectivity index (χ2n) is 2.88. The number of hydrogen-bond acceptors (Lipinski definition) is 3. The predicted molar refractivity (Wildman–Crippen MR) is 37.1 cm³/mol. The van der Waals surface area contributed by atoms with Gasteiger partial charge in [0.15, 0.2) is 0 Å². The summed E-state index contributed by atoms with van der Waals surface area (Å²) < 4.78 is 0. The average Bonchev–Trinajstić information content (AvgIpc) is 1.62. The van der Waals surface area contributed by atoms with Crippen LogP contribution in [0, 0.1) is 5.41 Å².